The summed E-state index contributed by atoms with van der Waals surface area (Å²) in [6.07, 6.45) is -2.32. The van der Waals surface area contributed by atoms with Crippen LogP contribution >= 0.6 is 0 Å². The Labute approximate surface area is 184 Å². The van der Waals surface area contributed by atoms with Crippen molar-refractivity contribution in [3.63, 3.8) is 0 Å². The molecule has 0 aliphatic rings. The van der Waals surface area contributed by atoms with Crippen molar-refractivity contribution in [1.82, 2.24) is 25.1 Å². The van der Waals surface area contributed by atoms with Gasteiger partial charge < -0.3 is 5.32 Å². The predicted molar refractivity (Wildman–Crippen MR) is 112 cm³/mol. The second kappa shape index (κ2) is 8.15. The van der Waals surface area contributed by atoms with E-state index in [2.05, 4.69) is 15.4 Å². The zero-order chi connectivity index (χ0) is 23.9. The average molecular weight is 459 g/mol. The minimum Gasteiger partial charge on any atom is -0.355 e. The summed E-state index contributed by atoms with van der Waals surface area (Å²) in [4.78, 5) is 29.2. The van der Waals surface area contributed by atoms with Gasteiger partial charge in [0.1, 0.15) is 11.5 Å². The fraction of sp³-hybridized carbons (Fsp3) is 0.182. The Bertz CT molecular complexity index is 1420. The Morgan fingerprint density at radius 2 is 1.94 bits per heavy atom. The van der Waals surface area contributed by atoms with Crippen LogP contribution in [-0.2, 0) is 6.18 Å². The molecule has 33 heavy (non-hydrogen) atoms. The largest absolute Gasteiger partial charge is 0.433 e. The summed E-state index contributed by atoms with van der Waals surface area (Å²) in [6.45, 7) is 1.65. The maximum Gasteiger partial charge on any atom is 0.433 e. The number of hydrogen-bond acceptors (Lipinski definition) is 4. The Kier molecular flexibility index (Phi) is 5.48. The third kappa shape index (κ3) is 4.09. The van der Waals surface area contributed by atoms with Gasteiger partial charge in [-0.2, -0.15) is 18.3 Å². The van der Waals surface area contributed by atoms with Crippen LogP contribution < -0.4 is 10.9 Å². The number of hydrogen-bond donors (Lipinski definition) is 2. The van der Waals surface area contributed by atoms with Gasteiger partial charge in [0.2, 0.25) is 0 Å². The first-order valence-electron chi connectivity index (χ1n) is 9.74. The quantitative estimate of drug-likeness (QED) is 0.453. The van der Waals surface area contributed by atoms with Gasteiger partial charge in [-0.25, -0.2) is 9.37 Å². The number of H-pyrrole nitrogens is 1. The number of benzene rings is 2. The highest BCUT2D eigenvalue weighted by Gasteiger charge is 2.36. The van der Waals surface area contributed by atoms with Crippen LogP contribution in [0.3, 0.4) is 0 Å². The summed E-state index contributed by atoms with van der Waals surface area (Å²) in [5.41, 5.74) is -0.754. The fourth-order valence-corrected chi connectivity index (χ4v) is 3.59. The van der Waals surface area contributed by atoms with Crippen LogP contribution in [0.5, 0.6) is 0 Å². The molecule has 1 atom stereocenters. The highest BCUT2D eigenvalue weighted by Crippen LogP contribution is 2.35. The summed E-state index contributed by atoms with van der Waals surface area (Å²) in [7, 11) is 1.42. The van der Waals surface area contributed by atoms with E-state index in [1.807, 2.05) is 5.10 Å². The molecule has 170 valence electrons. The molecule has 2 N–H and O–H groups in total. The molecule has 1 amide bonds. The van der Waals surface area contributed by atoms with Gasteiger partial charge in [-0.1, -0.05) is 6.07 Å². The molecule has 0 radical (unpaired) electrons. The van der Waals surface area contributed by atoms with E-state index < -0.39 is 35.2 Å². The molecule has 7 nitrogen and oxygen atoms in total. The molecule has 4 rings (SSSR count). The monoisotopic (exact) mass is 459 g/mol. The molecular formula is C22H17F4N5O2. The first-order valence-corrected chi connectivity index (χ1v) is 9.74. The number of carbonyl (C=O) groups is 1. The lowest BCUT2D eigenvalue weighted by atomic mass is 10.0. The molecule has 0 aliphatic heterocycles. The van der Waals surface area contributed by atoms with Gasteiger partial charge in [0.05, 0.1) is 29.5 Å². The minimum absolute atomic E-state index is 0.103. The van der Waals surface area contributed by atoms with Crippen molar-refractivity contribution in [2.24, 2.45) is 0 Å². The Morgan fingerprint density at radius 1 is 1.18 bits per heavy atom. The summed E-state index contributed by atoms with van der Waals surface area (Å²) in [5, 5.41) is 8.01. The lowest BCUT2D eigenvalue weighted by Crippen LogP contribution is -2.25. The van der Waals surface area contributed by atoms with Crippen molar-refractivity contribution in [2.75, 3.05) is 7.05 Å². The molecule has 0 saturated heterocycles. The van der Waals surface area contributed by atoms with Gasteiger partial charge in [-0.05, 0) is 48.4 Å². The number of halogens is 4. The standard InChI is InChI=1S/C22H17F4N5O2/c1-11(13-5-14(20(32)27-2)7-15(23)6-13)31-10-28-18-8-12(3-4-16(18)21(31)33)17-9-29-30-19(17)22(24,25)26/h3-11H,1-2H3,(H,27,32)(H,29,30)/t11-/m1/s1. The van der Waals surface area contributed by atoms with Crippen molar-refractivity contribution in [2.45, 2.75) is 19.1 Å². The highest BCUT2D eigenvalue weighted by molar-refractivity contribution is 5.94. The van der Waals surface area contributed by atoms with Crippen LogP contribution in [0.2, 0.25) is 0 Å². The predicted octanol–water partition coefficient (Wildman–Crippen LogP) is 3.91. The lowest BCUT2D eigenvalue weighted by Gasteiger charge is -2.17. The van der Waals surface area contributed by atoms with Crippen molar-refractivity contribution in [3.05, 3.63) is 81.9 Å². The molecule has 0 aliphatic carbocycles. The molecule has 2 heterocycles. The average Bonchev–Trinajstić information content (AvgIpc) is 3.28. The zero-order valence-electron chi connectivity index (χ0n) is 17.4. The van der Waals surface area contributed by atoms with E-state index in [-0.39, 0.29) is 27.6 Å². The van der Waals surface area contributed by atoms with Crippen LogP contribution in [-0.4, -0.2) is 32.7 Å². The van der Waals surface area contributed by atoms with Crippen molar-refractivity contribution >= 4 is 16.8 Å². The van der Waals surface area contributed by atoms with E-state index in [1.165, 1.54) is 48.3 Å². The molecule has 0 spiro atoms. The Hall–Kier alpha value is -4.02. The normalized spacial score (nSPS) is 12.7. The number of nitrogens with zero attached hydrogens (tertiary/aromatic N) is 3. The third-order valence-corrected chi connectivity index (χ3v) is 5.33. The number of amides is 1. The Balaban J connectivity index is 1.77. The number of alkyl halides is 3. The van der Waals surface area contributed by atoms with E-state index in [0.717, 1.165) is 12.3 Å². The molecule has 2 aromatic carbocycles. The molecule has 4 aromatic rings. The van der Waals surface area contributed by atoms with Crippen LogP contribution in [0.4, 0.5) is 17.6 Å². The minimum atomic E-state index is -4.62. The summed E-state index contributed by atoms with van der Waals surface area (Å²) in [5.74, 6) is -1.11. The first-order chi connectivity index (χ1) is 15.6. The molecule has 0 saturated carbocycles. The molecule has 2 aromatic heterocycles. The van der Waals surface area contributed by atoms with Gasteiger partial charge in [-0.3, -0.25) is 19.3 Å². The van der Waals surface area contributed by atoms with Crippen LogP contribution in [0, 0.1) is 5.82 Å². The van der Waals surface area contributed by atoms with E-state index in [9.17, 15) is 27.2 Å². The SMILES string of the molecule is CNC(=O)c1cc(F)cc([C@@H](C)n2cnc3cc(-c4cn[nH]c4C(F)(F)F)ccc3c2=O)c1. The molecule has 0 bridgehead atoms. The fourth-order valence-electron chi connectivity index (χ4n) is 3.59. The van der Waals surface area contributed by atoms with Crippen molar-refractivity contribution < 1.29 is 22.4 Å². The van der Waals surface area contributed by atoms with Gasteiger partial charge in [0.15, 0.2) is 0 Å². The summed E-state index contributed by atoms with van der Waals surface area (Å²) in [6, 6.07) is 7.25. The van der Waals surface area contributed by atoms with E-state index in [1.54, 1.807) is 6.92 Å². The zero-order valence-corrected chi connectivity index (χ0v) is 17.4. The number of aromatic nitrogens is 4. The van der Waals surface area contributed by atoms with Crippen molar-refractivity contribution in [3.8, 4) is 11.1 Å². The summed E-state index contributed by atoms with van der Waals surface area (Å²) < 4.78 is 54.9. The molecule has 0 unspecified atom stereocenters. The van der Waals surface area contributed by atoms with Crippen LogP contribution in [0.15, 0.2) is 53.7 Å². The third-order valence-electron chi connectivity index (χ3n) is 5.33. The number of carbonyl (C=O) groups excluding carboxylic acids is 1. The van der Waals surface area contributed by atoms with E-state index in [4.69, 9.17) is 0 Å². The number of rotatable bonds is 4. The molecule has 0 fully saturated rings. The van der Waals surface area contributed by atoms with E-state index in [0.29, 0.717) is 5.56 Å². The summed E-state index contributed by atoms with van der Waals surface area (Å²) >= 11 is 0. The maximum atomic E-state index is 14.1. The van der Waals surface area contributed by atoms with Crippen LogP contribution in [0.1, 0.15) is 34.6 Å². The second-order valence-electron chi connectivity index (χ2n) is 7.37. The smallest absolute Gasteiger partial charge is 0.355 e. The Morgan fingerprint density at radius 3 is 2.64 bits per heavy atom. The maximum absolute atomic E-state index is 14.1. The van der Waals surface area contributed by atoms with Gasteiger partial charge in [0.25, 0.3) is 11.5 Å². The number of fused-ring (bicyclic) bond motifs is 1. The lowest BCUT2D eigenvalue weighted by molar-refractivity contribution is -0.140. The number of aromatic amines is 1. The van der Waals surface area contributed by atoms with Gasteiger partial charge in [0, 0.05) is 18.2 Å². The van der Waals surface area contributed by atoms with Gasteiger partial charge >= 0.3 is 6.18 Å². The van der Waals surface area contributed by atoms with Crippen molar-refractivity contribution in [1.29, 1.82) is 0 Å². The topological polar surface area (TPSA) is 92.7 Å². The number of nitrogens with one attached hydrogen (secondary N) is 2. The molecule has 11 heteroatoms. The van der Waals surface area contributed by atoms with Gasteiger partial charge in [-0.15, -0.1) is 0 Å². The highest BCUT2D eigenvalue weighted by atomic mass is 19.4. The second-order valence-corrected chi connectivity index (χ2v) is 7.37. The molecular weight excluding hydrogens is 442 g/mol. The van der Waals surface area contributed by atoms with E-state index >= 15 is 0 Å². The first kappa shape index (κ1) is 22.2. The van der Waals surface area contributed by atoms with Crippen LogP contribution in [0.25, 0.3) is 22.0 Å².